The van der Waals surface area contributed by atoms with Crippen LogP contribution in [0.5, 0.6) is 5.75 Å². The molecule has 1 aliphatic carbocycles. The molecule has 166 valence electrons. The minimum absolute atomic E-state index is 0.0574. The highest BCUT2D eigenvalue weighted by Gasteiger charge is 2.41. The highest BCUT2D eigenvalue weighted by atomic mass is 79.9. The predicted molar refractivity (Wildman–Crippen MR) is 122 cm³/mol. The van der Waals surface area contributed by atoms with Crippen LogP contribution in [0.1, 0.15) is 42.7 Å². The van der Waals surface area contributed by atoms with Crippen molar-refractivity contribution in [3.63, 3.8) is 0 Å². The zero-order valence-electron chi connectivity index (χ0n) is 18.0. The van der Waals surface area contributed by atoms with Gasteiger partial charge in [0, 0.05) is 35.2 Å². The second-order valence-corrected chi connectivity index (χ2v) is 8.78. The highest BCUT2D eigenvalue weighted by Crippen LogP contribution is 2.47. The normalized spacial score (nSPS) is 20.6. The molecule has 2 aliphatic rings. The molecule has 32 heavy (non-hydrogen) atoms. The fraction of sp³-hybridized carbons (Fsp3) is 0.280. The van der Waals surface area contributed by atoms with Crippen molar-refractivity contribution in [2.24, 2.45) is 0 Å². The van der Waals surface area contributed by atoms with Crippen molar-refractivity contribution < 1.29 is 23.5 Å². The third kappa shape index (κ3) is 3.86. The van der Waals surface area contributed by atoms with Crippen LogP contribution >= 0.6 is 15.9 Å². The van der Waals surface area contributed by atoms with Gasteiger partial charge in [-0.2, -0.15) is 0 Å². The average Bonchev–Trinajstić information content (AvgIpc) is 2.79. The Hall–Kier alpha value is -2.93. The molecule has 0 spiro atoms. The fourth-order valence-electron chi connectivity index (χ4n) is 4.67. The van der Waals surface area contributed by atoms with Crippen molar-refractivity contribution >= 4 is 27.7 Å². The number of ether oxygens (including phenoxy) is 2. The number of para-hydroxylation sites is 1. The monoisotopic (exact) mass is 499 g/mol. The second-order valence-electron chi connectivity index (χ2n) is 7.92. The average molecular weight is 500 g/mol. The van der Waals surface area contributed by atoms with E-state index in [2.05, 4.69) is 21.2 Å². The number of benzene rings is 2. The van der Waals surface area contributed by atoms with E-state index in [-0.39, 0.29) is 22.6 Å². The van der Waals surface area contributed by atoms with Gasteiger partial charge in [0.1, 0.15) is 11.6 Å². The van der Waals surface area contributed by atoms with Gasteiger partial charge in [0.25, 0.3) is 0 Å². The van der Waals surface area contributed by atoms with Gasteiger partial charge in [-0.1, -0.05) is 24.3 Å². The van der Waals surface area contributed by atoms with Gasteiger partial charge in [-0.3, -0.25) is 4.79 Å². The topological polar surface area (TPSA) is 64.6 Å². The van der Waals surface area contributed by atoms with E-state index in [1.165, 1.54) is 13.2 Å². The molecule has 0 amide bonds. The first-order valence-electron chi connectivity index (χ1n) is 10.3. The summed E-state index contributed by atoms with van der Waals surface area (Å²) < 4.78 is 24.7. The molecule has 1 aliphatic heterocycles. The zero-order chi connectivity index (χ0) is 23.0. The Morgan fingerprint density at radius 2 is 1.91 bits per heavy atom. The number of ketones is 1. The molecule has 0 bridgehead atoms. The summed E-state index contributed by atoms with van der Waals surface area (Å²) in [4.78, 5) is 26.2. The van der Waals surface area contributed by atoms with Crippen molar-refractivity contribution in [2.75, 3.05) is 14.2 Å². The molecule has 7 heteroatoms. The number of allylic oxidation sites excluding steroid dienone is 3. The van der Waals surface area contributed by atoms with E-state index in [1.807, 2.05) is 24.3 Å². The van der Waals surface area contributed by atoms with E-state index >= 15 is 0 Å². The minimum atomic E-state index is -0.637. The summed E-state index contributed by atoms with van der Waals surface area (Å²) in [5.74, 6) is -0.949. The summed E-state index contributed by atoms with van der Waals surface area (Å²) in [6.45, 7) is 1.79. The molecular weight excluding hydrogens is 477 g/mol. The quantitative estimate of drug-likeness (QED) is 0.590. The third-order valence-corrected chi connectivity index (χ3v) is 6.70. The Morgan fingerprint density at radius 1 is 1.16 bits per heavy atom. The van der Waals surface area contributed by atoms with Crippen LogP contribution in [0.25, 0.3) is 0 Å². The maximum absolute atomic E-state index is 13.9. The van der Waals surface area contributed by atoms with Crippen LogP contribution in [0.15, 0.2) is 69.5 Å². The lowest BCUT2D eigenvalue weighted by Crippen LogP contribution is -2.36. The van der Waals surface area contributed by atoms with Gasteiger partial charge < -0.3 is 14.8 Å². The first-order valence-corrected chi connectivity index (χ1v) is 11.0. The molecule has 0 saturated heterocycles. The fourth-order valence-corrected chi connectivity index (χ4v) is 5.06. The van der Waals surface area contributed by atoms with Gasteiger partial charge >= 0.3 is 5.97 Å². The lowest BCUT2D eigenvalue weighted by atomic mass is 9.71. The van der Waals surface area contributed by atoms with Crippen molar-refractivity contribution in [3.8, 4) is 5.75 Å². The number of hydrogen-bond acceptors (Lipinski definition) is 5. The van der Waals surface area contributed by atoms with Gasteiger partial charge in [-0.25, -0.2) is 9.18 Å². The number of hydrogen-bond donors (Lipinski definition) is 1. The third-order valence-electron chi connectivity index (χ3n) is 6.09. The van der Waals surface area contributed by atoms with Crippen molar-refractivity contribution in [3.05, 3.63) is 86.4 Å². The summed E-state index contributed by atoms with van der Waals surface area (Å²) >= 11 is 3.22. The number of carbonyl (C=O) groups is 2. The van der Waals surface area contributed by atoms with E-state index in [0.717, 1.165) is 17.0 Å². The molecule has 4 rings (SSSR count). The molecule has 2 aromatic carbocycles. The van der Waals surface area contributed by atoms with Crippen LogP contribution in [-0.2, 0) is 14.3 Å². The van der Waals surface area contributed by atoms with E-state index in [0.29, 0.717) is 28.8 Å². The van der Waals surface area contributed by atoms with Gasteiger partial charge in [0.15, 0.2) is 5.78 Å². The lowest BCUT2D eigenvalue weighted by Gasteiger charge is -2.36. The summed E-state index contributed by atoms with van der Waals surface area (Å²) in [6, 6.07) is 12.2. The van der Waals surface area contributed by atoms with E-state index < -0.39 is 17.7 Å². The van der Waals surface area contributed by atoms with Crippen LogP contribution in [-0.4, -0.2) is 26.0 Å². The number of Topliss-reactive ketones (excluding diaryl/α,β-unsaturated/α-hetero) is 1. The van der Waals surface area contributed by atoms with Gasteiger partial charge in [0.05, 0.1) is 24.3 Å². The highest BCUT2D eigenvalue weighted by molar-refractivity contribution is 9.10. The number of carbonyl (C=O) groups excluding carboxylic acids is 2. The summed E-state index contributed by atoms with van der Waals surface area (Å²) in [5.41, 5.74) is 3.89. The number of halogens is 2. The first-order chi connectivity index (χ1) is 15.3. The molecule has 0 fully saturated rings. The molecule has 0 unspecified atom stereocenters. The smallest absolute Gasteiger partial charge is 0.336 e. The summed E-state index contributed by atoms with van der Waals surface area (Å²) in [6.07, 6.45) is 0.874. The number of methoxy groups -OCH3 is 2. The number of dihydropyridines is 1. The van der Waals surface area contributed by atoms with Crippen LogP contribution in [0, 0.1) is 5.82 Å². The molecule has 1 N–H and O–H groups in total. The maximum atomic E-state index is 13.9. The summed E-state index contributed by atoms with van der Waals surface area (Å²) in [7, 11) is 2.93. The minimum Gasteiger partial charge on any atom is -0.496 e. The van der Waals surface area contributed by atoms with Crippen molar-refractivity contribution in [1.82, 2.24) is 5.32 Å². The largest absolute Gasteiger partial charge is 0.496 e. The van der Waals surface area contributed by atoms with Crippen LogP contribution in [0.3, 0.4) is 0 Å². The number of esters is 1. The zero-order valence-corrected chi connectivity index (χ0v) is 19.6. The van der Waals surface area contributed by atoms with Crippen molar-refractivity contribution in [2.45, 2.75) is 31.6 Å². The molecule has 2 atom stereocenters. The first kappa shape index (κ1) is 22.3. The SMILES string of the molecule is COC(=O)C1=C(C)NC2=C(C(=O)C[C@@H](c3ccccc3OC)C2)[C@@H]1c1ccc(F)c(Br)c1. The number of rotatable bonds is 4. The van der Waals surface area contributed by atoms with Crippen LogP contribution in [0.4, 0.5) is 4.39 Å². The van der Waals surface area contributed by atoms with E-state index in [4.69, 9.17) is 9.47 Å². The van der Waals surface area contributed by atoms with Crippen molar-refractivity contribution in [1.29, 1.82) is 0 Å². The standard InChI is InChI=1S/C25H23BrFNO4/c1-13-22(25(30)32-3)23(14-8-9-18(27)17(26)10-14)24-19(28-13)11-15(12-20(24)29)16-6-4-5-7-21(16)31-2/h4-10,15,23,28H,11-12H2,1-3H3/t15-,23+/m0/s1. The molecule has 5 nitrogen and oxygen atoms in total. The second kappa shape index (κ2) is 8.90. The molecule has 1 heterocycles. The Balaban J connectivity index is 1.83. The summed E-state index contributed by atoms with van der Waals surface area (Å²) in [5, 5.41) is 3.29. The Labute approximate surface area is 194 Å². The van der Waals surface area contributed by atoms with E-state index in [1.54, 1.807) is 26.2 Å². The molecule has 0 saturated carbocycles. The van der Waals surface area contributed by atoms with Crippen LogP contribution < -0.4 is 10.1 Å². The predicted octanol–water partition coefficient (Wildman–Crippen LogP) is 5.13. The van der Waals surface area contributed by atoms with E-state index in [9.17, 15) is 14.0 Å². The Morgan fingerprint density at radius 3 is 2.59 bits per heavy atom. The molecule has 0 aromatic heterocycles. The molecule has 2 aromatic rings. The Kier molecular flexibility index (Phi) is 6.20. The van der Waals surface area contributed by atoms with Crippen LogP contribution in [0.2, 0.25) is 0 Å². The van der Waals surface area contributed by atoms with Gasteiger partial charge in [-0.05, 0) is 58.6 Å². The van der Waals surface area contributed by atoms with Gasteiger partial charge in [-0.15, -0.1) is 0 Å². The maximum Gasteiger partial charge on any atom is 0.336 e. The lowest BCUT2D eigenvalue weighted by molar-refractivity contribution is -0.136. The Bertz CT molecular complexity index is 1170. The van der Waals surface area contributed by atoms with Gasteiger partial charge in [0.2, 0.25) is 0 Å². The molecule has 0 radical (unpaired) electrons. The number of nitrogens with one attached hydrogen (secondary N) is 1. The molecular formula is C25H23BrFNO4.